The van der Waals surface area contributed by atoms with Gasteiger partial charge in [0.1, 0.15) is 17.3 Å². The molecule has 0 radical (unpaired) electrons. The van der Waals surface area contributed by atoms with Crippen LogP contribution in [0.1, 0.15) is 42.9 Å². The third-order valence-corrected chi connectivity index (χ3v) is 7.19. The van der Waals surface area contributed by atoms with Crippen LogP contribution in [0.15, 0.2) is 77.8 Å². The highest BCUT2D eigenvalue weighted by molar-refractivity contribution is 6.13. The quantitative estimate of drug-likeness (QED) is 0.370. The minimum absolute atomic E-state index is 0.00149. The summed E-state index contributed by atoms with van der Waals surface area (Å²) in [7, 11) is 1.48. The molecule has 1 aliphatic carbocycles. The molecule has 3 atom stereocenters. The summed E-state index contributed by atoms with van der Waals surface area (Å²) in [5, 5.41) is 0. The predicted molar refractivity (Wildman–Crippen MR) is 141 cm³/mol. The fraction of sp³-hybridized carbons (Fsp3) is 0.300. The van der Waals surface area contributed by atoms with Crippen molar-refractivity contribution in [2.45, 2.75) is 37.9 Å². The van der Waals surface area contributed by atoms with Gasteiger partial charge in [-0.2, -0.15) is 13.2 Å². The zero-order valence-corrected chi connectivity index (χ0v) is 21.4. The molecule has 202 valence electrons. The molecule has 3 aromatic carbocycles. The average molecular weight is 537 g/mol. The Hall–Kier alpha value is -4.14. The zero-order chi connectivity index (χ0) is 27.7. The zero-order valence-electron chi connectivity index (χ0n) is 21.4. The lowest BCUT2D eigenvalue weighted by Gasteiger charge is -2.39. The van der Waals surface area contributed by atoms with E-state index in [2.05, 4.69) is 0 Å². The fourth-order valence-corrected chi connectivity index (χ4v) is 5.54. The highest BCUT2D eigenvalue weighted by atomic mass is 19.4. The number of fused-ring (bicyclic) bond motifs is 2. The van der Waals surface area contributed by atoms with Crippen LogP contribution in [0.4, 0.5) is 24.5 Å². The largest absolute Gasteiger partial charge is 0.497 e. The van der Waals surface area contributed by atoms with E-state index in [1.807, 2.05) is 31.2 Å². The normalized spacial score (nSPS) is 20.8. The summed E-state index contributed by atoms with van der Waals surface area (Å²) in [5.74, 6) is -2.52. The number of para-hydroxylation sites is 3. The fourth-order valence-electron chi connectivity index (χ4n) is 5.54. The van der Waals surface area contributed by atoms with Crippen molar-refractivity contribution in [2.24, 2.45) is 10.9 Å². The Labute approximate surface area is 224 Å². The molecule has 2 aliphatic rings. The number of anilines is 1. The number of rotatable bonds is 5. The van der Waals surface area contributed by atoms with Crippen molar-refractivity contribution in [1.29, 1.82) is 0 Å². The van der Waals surface area contributed by atoms with Crippen LogP contribution in [0.5, 0.6) is 11.5 Å². The third-order valence-electron chi connectivity index (χ3n) is 7.19. The number of ether oxygens (including phenoxy) is 2. The SMILES string of the molecule is CCOc1ccccc1C1CC(=O)C2C(=Nc3ccccc3N(C(=O)C(F)(F)F)C2c2ccc(OC)cc2)C1. The number of ketones is 1. The molecule has 0 aromatic heterocycles. The number of hydrogen-bond donors (Lipinski definition) is 0. The highest BCUT2D eigenvalue weighted by Gasteiger charge is 2.52. The highest BCUT2D eigenvalue weighted by Crippen LogP contribution is 2.49. The second-order valence-corrected chi connectivity index (χ2v) is 9.50. The van der Waals surface area contributed by atoms with Gasteiger partial charge in [0.2, 0.25) is 0 Å². The smallest absolute Gasteiger partial charge is 0.471 e. The first-order chi connectivity index (χ1) is 18.7. The van der Waals surface area contributed by atoms with Gasteiger partial charge in [-0.15, -0.1) is 0 Å². The van der Waals surface area contributed by atoms with Crippen molar-refractivity contribution in [3.63, 3.8) is 0 Å². The lowest BCUT2D eigenvalue weighted by molar-refractivity contribution is -0.171. The predicted octanol–water partition coefficient (Wildman–Crippen LogP) is 6.58. The molecule has 6 nitrogen and oxygen atoms in total. The Morgan fingerprint density at radius 1 is 1.00 bits per heavy atom. The van der Waals surface area contributed by atoms with Gasteiger partial charge in [-0.25, -0.2) is 0 Å². The Morgan fingerprint density at radius 2 is 1.69 bits per heavy atom. The molecule has 3 aromatic rings. The molecule has 39 heavy (non-hydrogen) atoms. The van der Waals surface area contributed by atoms with Gasteiger partial charge in [-0.3, -0.25) is 19.5 Å². The Kier molecular flexibility index (Phi) is 7.16. The van der Waals surface area contributed by atoms with Crippen LogP contribution in [0.2, 0.25) is 0 Å². The van der Waals surface area contributed by atoms with E-state index in [4.69, 9.17) is 14.5 Å². The first-order valence-corrected chi connectivity index (χ1v) is 12.7. The van der Waals surface area contributed by atoms with E-state index in [-0.39, 0.29) is 29.5 Å². The van der Waals surface area contributed by atoms with Gasteiger partial charge < -0.3 is 9.47 Å². The number of alkyl halides is 3. The molecule has 1 heterocycles. The summed E-state index contributed by atoms with van der Waals surface area (Å²) in [5.41, 5.74) is 1.87. The molecule has 3 unspecified atom stereocenters. The van der Waals surface area contributed by atoms with Crippen LogP contribution in [-0.2, 0) is 9.59 Å². The van der Waals surface area contributed by atoms with Crippen molar-refractivity contribution in [3.05, 3.63) is 83.9 Å². The maximum atomic E-state index is 14.0. The topological polar surface area (TPSA) is 68.2 Å². The molecule has 0 saturated heterocycles. The van der Waals surface area contributed by atoms with Crippen molar-refractivity contribution >= 4 is 28.8 Å². The summed E-state index contributed by atoms with van der Waals surface area (Å²) in [6.45, 7) is 2.32. The maximum absolute atomic E-state index is 14.0. The molecule has 1 saturated carbocycles. The van der Waals surface area contributed by atoms with Gasteiger partial charge in [0, 0.05) is 12.1 Å². The van der Waals surface area contributed by atoms with Gasteiger partial charge >= 0.3 is 12.1 Å². The number of benzene rings is 3. The van der Waals surface area contributed by atoms with E-state index in [1.165, 1.54) is 13.2 Å². The van der Waals surface area contributed by atoms with E-state index in [1.54, 1.807) is 42.5 Å². The van der Waals surface area contributed by atoms with Crippen LogP contribution >= 0.6 is 0 Å². The molecule has 5 rings (SSSR count). The molecule has 1 aliphatic heterocycles. The molecular formula is C30H27F3N2O4. The van der Waals surface area contributed by atoms with E-state index in [0.29, 0.717) is 40.7 Å². The number of aliphatic imine (C=N–C) groups is 1. The van der Waals surface area contributed by atoms with Crippen molar-refractivity contribution in [2.75, 3.05) is 18.6 Å². The lowest BCUT2D eigenvalue weighted by atomic mass is 9.72. The second kappa shape index (κ2) is 10.6. The number of carbonyl (C=O) groups excluding carboxylic acids is 2. The van der Waals surface area contributed by atoms with Crippen LogP contribution in [-0.4, -0.2) is 37.3 Å². The van der Waals surface area contributed by atoms with Crippen molar-refractivity contribution < 1.29 is 32.2 Å². The maximum Gasteiger partial charge on any atom is 0.471 e. The van der Waals surface area contributed by atoms with E-state index in [0.717, 1.165) is 5.56 Å². The van der Waals surface area contributed by atoms with Gasteiger partial charge in [0.15, 0.2) is 0 Å². The van der Waals surface area contributed by atoms with Gasteiger partial charge in [0.05, 0.1) is 37.1 Å². The Balaban J connectivity index is 1.68. The summed E-state index contributed by atoms with van der Waals surface area (Å²) in [6.07, 6.45) is -4.76. The van der Waals surface area contributed by atoms with Crippen LogP contribution in [0.3, 0.4) is 0 Å². The standard InChI is InChI=1S/C30H27F3N2O4/c1-3-39-26-11-7-4-8-21(26)19-16-23-27(25(36)17-19)28(18-12-14-20(38-2)15-13-18)35(29(37)30(31,32)33)24-10-6-5-9-22(24)34-23/h4-15,19,27-28H,3,16-17H2,1-2H3. The van der Waals surface area contributed by atoms with E-state index < -0.39 is 24.0 Å². The number of amides is 1. The minimum Gasteiger partial charge on any atom is -0.497 e. The van der Waals surface area contributed by atoms with Gasteiger partial charge in [0.25, 0.3) is 0 Å². The lowest BCUT2D eigenvalue weighted by Crippen LogP contribution is -2.49. The number of nitrogens with zero attached hydrogens (tertiary/aromatic N) is 2. The Morgan fingerprint density at radius 3 is 2.38 bits per heavy atom. The van der Waals surface area contributed by atoms with E-state index in [9.17, 15) is 22.8 Å². The van der Waals surface area contributed by atoms with Crippen molar-refractivity contribution in [1.82, 2.24) is 0 Å². The summed E-state index contributed by atoms with van der Waals surface area (Å²) in [6, 6.07) is 18.8. The van der Waals surface area contributed by atoms with Crippen molar-refractivity contribution in [3.8, 4) is 11.5 Å². The molecular weight excluding hydrogens is 509 g/mol. The van der Waals surface area contributed by atoms with Crippen LogP contribution in [0, 0.1) is 5.92 Å². The first-order valence-electron chi connectivity index (χ1n) is 12.7. The summed E-state index contributed by atoms with van der Waals surface area (Å²) >= 11 is 0. The second-order valence-electron chi connectivity index (χ2n) is 9.50. The first kappa shape index (κ1) is 26.5. The molecule has 9 heteroatoms. The molecule has 0 spiro atoms. The summed E-state index contributed by atoms with van der Waals surface area (Å²) in [4.78, 5) is 32.4. The monoisotopic (exact) mass is 536 g/mol. The number of halogens is 3. The molecule has 1 amide bonds. The van der Waals surface area contributed by atoms with Gasteiger partial charge in [-0.1, -0.05) is 42.5 Å². The molecule has 1 fully saturated rings. The van der Waals surface area contributed by atoms with E-state index >= 15 is 0 Å². The molecule has 0 bridgehead atoms. The van der Waals surface area contributed by atoms with Gasteiger partial charge in [-0.05, 0) is 60.7 Å². The Bertz CT molecular complexity index is 1420. The third kappa shape index (κ3) is 5.01. The molecule has 0 N–H and O–H groups in total. The van der Waals surface area contributed by atoms with Crippen LogP contribution < -0.4 is 14.4 Å². The number of Topliss-reactive ketones (excluding diaryl/α,β-unsaturated/α-hetero) is 1. The number of carbonyl (C=O) groups is 2. The average Bonchev–Trinajstić information content (AvgIpc) is 3.07. The number of hydrogen-bond acceptors (Lipinski definition) is 5. The minimum atomic E-state index is -5.17. The summed E-state index contributed by atoms with van der Waals surface area (Å²) < 4.78 is 53.2. The number of methoxy groups -OCH3 is 1. The van der Waals surface area contributed by atoms with Crippen LogP contribution in [0.25, 0.3) is 0 Å².